The standard InChI is InChI=1S/C12H18BrN3O/c1-12(2,3)5-4-10(17)16-11-9(13)6-8(14)7-15-11/h6-7H,4-5,14H2,1-3H3,(H,15,16,17). The minimum atomic E-state index is -0.0297. The molecule has 0 aliphatic rings. The van der Waals surface area contributed by atoms with Gasteiger partial charge in [-0.25, -0.2) is 4.98 Å². The summed E-state index contributed by atoms with van der Waals surface area (Å²) in [5.41, 5.74) is 6.28. The Morgan fingerprint density at radius 3 is 2.71 bits per heavy atom. The highest BCUT2D eigenvalue weighted by Gasteiger charge is 2.14. The van der Waals surface area contributed by atoms with Crippen molar-refractivity contribution < 1.29 is 4.79 Å². The van der Waals surface area contributed by atoms with Crippen molar-refractivity contribution in [2.75, 3.05) is 11.1 Å². The number of carbonyl (C=O) groups excluding carboxylic acids is 1. The predicted octanol–water partition coefficient (Wildman–Crippen LogP) is 3.19. The van der Waals surface area contributed by atoms with Crippen LogP contribution in [-0.4, -0.2) is 10.9 Å². The fourth-order valence-electron chi connectivity index (χ4n) is 1.23. The van der Waals surface area contributed by atoms with E-state index < -0.39 is 0 Å². The lowest BCUT2D eigenvalue weighted by Crippen LogP contribution is -2.16. The number of rotatable bonds is 3. The number of carbonyl (C=O) groups is 1. The van der Waals surface area contributed by atoms with Gasteiger partial charge >= 0.3 is 0 Å². The summed E-state index contributed by atoms with van der Waals surface area (Å²) >= 11 is 3.31. The van der Waals surface area contributed by atoms with Crippen LogP contribution in [0.2, 0.25) is 0 Å². The Morgan fingerprint density at radius 2 is 2.18 bits per heavy atom. The van der Waals surface area contributed by atoms with Crippen LogP contribution in [0.25, 0.3) is 0 Å². The molecule has 1 rings (SSSR count). The van der Waals surface area contributed by atoms with Crippen LogP contribution in [0.1, 0.15) is 33.6 Å². The molecule has 0 saturated carbocycles. The molecule has 0 fully saturated rings. The first-order valence-electron chi connectivity index (χ1n) is 5.49. The lowest BCUT2D eigenvalue weighted by atomic mass is 9.90. The lowest BCUT2D eigenvalue weighted by Gasteiger charge is -2.17. The van der Waals surface area contributed by atoms with Crippen LogP contribution in [0.4, 0.5) is 11.5 Å². The Bertz CT molecular complexity index is 413. The van der Waals surface area contributed by atoms with Crippen LogP contribution >= 0.6 is 15.9 Å². The molecule has 1 aromatic rings. The molecule has 0 bridgehead atoms. The van der Waals surface area contributed by atoms with Crippen LogP contribution in [-0.2, 0) is 4.79 Å². The van der Waals surface area contributed by atoms with E-state index in [1.807, 2.05) is 0 Å². The molecule has 4 nitrogen and oxygen atoms in total. The third kappa shape index (κ3) is 5.17. The number of anilines is 2. The second kappa shape index (κ2) is 5.49. The van der Waals surface area contributed by atoms with E-state index in [1.54, 1.807) is 6.07 Å². The highest BCUT2D eigenvalue weighted by molar-refractivity contribution is 9.10. The monoisotopic (exact) mass is 299 g/mol. The molecule has 1 amide bonds. The van der Waals surface area contributed by atoms with Crippen LogP contribution in [0, 0.1) is 5.41 Å². The van der Waals surface area contributed by atoms with Crippen molar-refractivity contribution in [3.05, 3.63) is 16.7 Å². The summed E-state index contributed by atoms with van der Waals surface area (Å²) in [6.45, 7) is 6.33. The molecule has 0 radical (unpaired) electrons. The Labute approximate surface area is 110 Å². The van der Waals surface area contributed by atoms with Crippen molar-refractivity contribution in [1.82, 2.24) is 4.98 Å². The summed E-state index contributed by atoms with van der Waals surface area (Å²) in [6, 6.07) is 1.71. The van der Waals surface area contributed by atoms with Crippen LogP contribution in [0.5, 0.6) is 0 Å². The maximum absolute atomic E-state index is 11.7. The maximum atomic E-state index is 11.7. The van der Waals surface area contributed by atoms with Crippen molar-refractivity contribution in [3.8, 4) is 0 Å². The summed E-state index contributed by atoms with van der Waals surface area (Å²) in [7, 11) is 0. The predicted molar refractivity (Wildman–Crippen MR) is 73.7 cm³/mol. The number of hydrogen-bond donors (Lipinski definition) is 2. The number of nitrogens with two attached hydrogens (primary N) is 1. The van der Waals surface area contributed by atoms with Crippen molar-refractivity contribution in [1.29, 1.82) is 0 Å². The van der Waals surface area contributed by atoms with E-state index in [1.165, 1.54) is 6.20 Å². The largest absolute Gasteiger partial charge is 0.397 e. The normalized spacial score (nSPS) is 11.3. The second-order valence-electron chi connectivity index (χ2n) is 5.21. The van der Waals surface area contributed by atoms with E-state index in [0.29, 0.717) is 22.4 Å². The molecular formula is C12H18BrN3O. The van der Waals surface area contributed by atoms with E-state index >= 15 is 0 Å². The van der Waals surface area contributed by atoms with Gasteiger partial charge in [-0.2, -0.15) is 0 Å². The zero-order chi connectivity index (χ0) is 13.1. The smallest absolute Gasteiger partial charge is 0.225 e. The average Bonchev–Trinajstić information content (AvgIpc) is 2.18. The van der Waals surface area contributed by atoms with E-state index in [2.05, 4.69) is 47.0 Å². The third-order valence-corrected chi connectivity index (χ3v) is 2.83. The minimum absolute atomic E-state index is 0.0297. The summed E-state index contributed by atoms with van der Waals surface area (Å²) in [5, 5.41) is 2.76. The Kier molecular flexibility index (Phi) is 4.51. The number of aromatic nitrogens is 1. The number of nitrogens with one attached hydrogen (secondary N) is 1. The highest BCUT2D eigenvalue weighted by Crippen LogP contribution is 2.23. The molecule has 0 saturated heterocycles. The van der Waals surface area contributed by atoms with E-state index in [9.17, 15) is 4.79 Å². The molecule has 0 aliphatic heterocycles. The molecule has 1 aromatic heterocycles. The molecular weight excluding hydrogens is 282 g/mol. The zero-order valence-corrected chi connectivity index (χ0v) is 12.0. The second-order valence-corrected chi connectivity index (χ2v) is 6.06. The van der Waals surface area contributed by atoms with Gasteiger partial charge in [-0.15, -0.1) is 0 Å². The molecule has 0 atom stereocenters. The fourth-order valence-corrected chi connectivity index (χ4v) is 1.69. The van der Waals surface area contributed by atoms with E-state index in [-0.39, 0.29) is 11.3 Å². The summed E-state index contributed by atoms with van der Waals surface area (Å²) in [5.74, 6) is 0.482. The molecule has 94 valence electrons. The number of nitrogen functional groups attached to an aromatic ring is 1. The molecule has 3 N–H and O–H groups in total. The van der Waals surface area contributed by atoms with Gasteiger partial charge in [0.05, 0.1) is 16.4 Å². The lowest BCUT2D eigenvalue weighted by molar-refractivity contribution is -0.116. The van der Waals surface area contributed by atoms with E-state index in [0.717, 1.165) is 6.42 Å². The summed E-state index contributed by atoms with van der Waals surface area (Å²) in [6.07, 6.45) is 2.84. The first-order valence-corrected chi connectivity index (χ1v) is 6.28. The number of halogens is 1. The van der Waals surface area contributed by atoms with Crippen LogP contribution < -0.4 is 11.1 Å². The molecule has 0 aromatic carbocycles. The molecule has 5 heteroatoms. The zero-order valence-electron chi connectivity index (χ0n) is 10.4. The Balaban J connectivity index is 2.57. The molecule has 0 aliphatic carbocycles. The number of amides is 1. The van der Waals surface area contributed by atoms with Crippen molar-refractivity contribution in [2.24, 2.45) is 5.41 Å². The molecule has 0 unspecified atom stereocenters. The Morgan fingerprint density at radius 1 is 1.53 bits per heavy atom. The summed E-state index contributed by atoms with van der Waals surface area (Å²) < 4.78 is 0.696. The van der Waals surface area contributed by atoms with Gasteiger partial charge in [-0.1, -0.05) is 20.8 Å². The third-order valence-electron chi connectivity index (χ3n) is 2.22. The van der Waals surface area contributed by atoms with Gasteiger partial charge in [0, 0.05) is 6.42 Å². The van der Waals surface area contributed by atoms with Gasteiger partial charge in [-0.3, -0.25) is 4.79 Å². The first kappa shape index (κ1) is 14.0. The fraction of sp³-hybridized carbons (Fsp3) is 0.500. The molecule has 1 heterocycles. The van der Waals surface area contributed by atoms with E-state index in [4.69, 9.17) is 5.73 Å². The number of pyridine rings is 1. The van der Waals surface area contributed by atoms with Gasteiger partial charge in [0.25, 0.3) is 0 Å². The van der Waals surface area contributed by atoms with Crippen molar-refractivity contribution in [2.45, 2.75) is 33.6 Å². The van der Waals surface area contributed by atoms with Gasteiger partial charge in [0.1, 0.15) is 5.82 Å². The Hall–Kier alpha value is -1.10. The van der Waals surface area contributed by atoms with Crippen molar-refractivity contribution in [3.63, 3.8) is 0 Å². The van der Waals surface area contributed by atoms with Gasteiger partial charge in [0.2, 0.25) is 5.91 Å². The molecule has 0 spiro atoms. The number of nitrogens with zero attached hydrogens (tertiary/aromatic N) is 1. The first-order chi connectivity index (χ1) is 7.78. The minimum Gasteiger partial charge on any atom is -0.397 e. The van der Waals surface area contributed by atoms with Crippen molar-refractivity contribution >= 4 is 33.3 Å². The topological polar surface area (TPSA) is 68.0 Å². The SMILES string of the molecule is CC(C)(C)CCC(=O)Nc1ncc(N)cc1Br. The summed E-state index contributed by atoms with van der Waals surface area (Å²) in [4.78, 5) is 15.8. The van der Waals surface area contributed by atoms with Crippen LogP contribution in [0.15, 0.2) is 16.7 Å². The van der Waals surface area contributed by atoms with Gasteiger partial charge < -0.3 is 11.1 Å². The average molecular weight is 300 g/mol. The quantitative estimate of drug-likeness (QED) is 0.900. The number of hydrogen-bond acceptors (Lipinski definition) is 3. The van der Waals surface area contributed by atoms with Gasteiger partial charge in [-0.05, 0) is 33.8 Å². The molecule has 17 heavy (non-hydrogen) atoms. The highest BCUT2D eigenvalue weighted by atomic mass is 79.9. The maximum Gasteiger partial charge on any atom is 0.225 e. The van der Waals surface area contributed by atoms with Crippen LogP contribution in [0.3, 0.4) is 0 Å². The van der Waals surface area contributed by atoms with Gasteiger partial charge in [0.15, 0.2) is 0 Å².